The number of esters is 1. The van der Waals surface area contributed by atoms with Crippen molar-refractivity contribution in [1.29, 1.82) is 0 Å². The molecule has 1 rings (SSSR count). The van der Waals surface area contributed by atoms with Crippen molar-refractivity contribution < 1.29 is 19.1 Å². The lowest BCUT2D eigenvalue weighted by atomic mass is 9.78. The summed E-state index contributed by atoms with van der Waals surface area (Å²) >= 11 is 0. The van der Waals surface area contributed by atoms with Crippen LogP contribution < -0.4 is 0 Å². The highest BCUT2D eigenvalue weighted by atomic mass is 16.5. The minimum absolute atomic E-state index is 0.0184. The van der Waals surface area contributed by atoms with Crippen molar-refractivity contribution in [3.05, 3.63) is 0 Å². The Morgan fingerprint density at radius 1 is 1.14 bits per heavy atom. The van der Waals surface area contributed by atoms with Gasteiger partial charge in [0.2, 0.25) is 0 Å². The number of carbonyl (C=O) groups excluding carboxylic acids is 2. The standard InChI is InChI=1S/C16H29NO4/c1-12(18)9-14(19)21-8-7-17-15(2,3)10-13(20-6)11-16(17,4)5/h13H,7-11H2,1-6H3. The first-order chi connectivity index (χ1) is 9.58. The van der Waals surface area contributed by atoms with Gasteiger partial charge in [-0.2, -0.15) is 0 Å². The summed E-state index contributed by atoms with van der Waals surface area (Å²) in [6, 6.07) is 0. The summed E-state index contributed by atoms with van der Waals surface area (Å²) in [6.45, 7) is 11.1. The first-order valence-electron chi connectivity index (χ1n) is 7.54. The first kappa shape index (κ1) is 18.1. The van der Waals surface area contributed by atoms with E-state index in [1.165, 1.54) is 6.92 Å². The van der Waals surface area contributed by atoms with Gasteiger partial charge in [-0.25, -0.2) is 0 Å². The number of ketones is 1. The number of Topliss-reactive ketones (excluding diaryl/α,β-unsaturated/α-hetero) is 1. The van der Waals surface area contributed by atoms with Gasteiger partial charge >= 0.3 is 5.97 Å². The van der Waals surface area contributed by atoms with E-state index in [2.05, 4.69) is 32.6 Å². The Labute approximate surface area is 128 Å². The number of rotatable bonds is 6. The van der Waals surface area contributed by atoms with Gasteiger partial charge in [-0.1, -0.05) is 0 Å². The average molecular weight is 299 g/mol. The number of methoxy groups -OCH3 is 1. The molecule has 5 nitrogen and oxygen atoms in total. The maximum atomic E-state index is 11.4. The van der Waals surface area contributed by atoms with E-state index in [9.17, 15) is 9.59 Å². The second kappa shape index (κ2) is 6.88. The number of nitrogens with zero attached hydrogens (tertiary/aromatic N) is 1. The fourth-order valence-electron chi connectivity index (χ4n) is 3.50. The molecule has 1 saturated heterocycles. The van der Waals surface area contributed by atoms with Gasteiger partial charge in [-0.3, -0.25) is 14.5 Å². The molecule has 122 valence electrons. The monoisotopic (exact) mass is 299 g/mol. The minimum atomic E-state index is -0.440. The molecule has 0 aromatic carbocycles. The van der Waals surface area contributed by atoms with Crippen molar-refractivity contribution >= 4 is 11.8 Å². The van der Waals surface area contributed by atoms with Gasteiger partial charge in [0.25, 0.3) is 0 Å². The van der Waals surface area contributed by atoms with Crippen molar-refractivity contribution in [3.8, 4) is 0 Å². The van der Waals surface area contributed by atoms with E-state index in [1.807, 2.05) is 0 Å². The third-order valence-corrected chi connectivity index (χ3v) is 4.22. The van der Waals surface area contributed by atoms with E-state index in [0.717, 1.165) is 12.8 Å². The molecule has 0 aromatic heterocycles. The third-order valence-electron chi connectivity index (χ3n) is 4.22. The first-order valence-corrected chi connectivity index (χ1v) is 7.54. The number of piperidine rings is 1. The van der Waals surface area contributed by atoms with Crippen molar-refractivity contribution in [2.45, 2.75) is 71.1 Å². The van der Waals surface area contributed by atoms with Gasteiger partial charge in [0.15, 0.2) is 0 Å². The van der Waals surface area contributed by atoms with Crippen molar-refractivity contribution in [3.63, 3.8) is 0 Å². The highest BCUT2D eigenvalue weighted by Crippen LogP contribution is 2.38. The summed E-state index contributed by atoms with van der Waals surface area (Å²) in [6.07, 6.45) is 2.02. The predicted octanol–water partition coefficient (Wildman–Crippen LogP) is 2.18. The molecule has 0 radical (unpaired) electrons. The van der Waals surface area contributed by atoms with Gasteiger partial charge < -0.3 is 9.47 Å². The lowest BCUT2D eigenvalue weighted by molar-refractivity contribution is -0.149. The zero-order valence-corrected chi connectivity index (χ0v) is 14.2. The van der Waals surface area contributed by atoms with Gasteiger partial charge in [0.1, 0.15) is 18.8 Å². The lowest BCUT2D eigenvalue weighted by Gasteiger charge is -2.55. The highest BCUT2D eigenvalue weighted by Gasteiger charge is 2.45. The Morgan fingerprint density at radius 2 is 1.67 bits per heavy atom. The molecule has 0 unspecified atom stereocenters. The van der Waals surface area contributed by atoms with Crippen LogP contribution in [0.1, 0.15) is 53.9 Å². The Balaban J connectivity index is 2.59. The van der Waals surface area contributed by atoms with E-state index >= 15 is 0 Å². The van der Waals surface area contributed by atoms with E-state index in [1.54, 1.807) is 7.11 Å². The second-order valence-corrected chi connectivity index (χ2v) is 7.14. The minimum Gasteiger partial charge on any atom is -0.464 e. The molecular formula is C16H29NO4. The van der Waals surface area contributed by atoms with Crippen LogP contribution in [0.5, 0.6) is 0 Å². The topological polar surface area (TPSA) is 55.8 Å². The Bertz CT molecular complexity index is 372. The van der Waals surface area contributed by atoms with Crippen LogP contribution in [0.3, 0.4) is 0 Å². The third kappa shape index (κ3) is 5.08. The fourth-order valence-corrected chi connectivity index (χ4v) is 3.50. The number of likely N-dealkylation sites (tertiary alicyclic amines) is 1. The van der Waals surface area contributed by atoms with Crippen molar-refractivity contribution in [2.24, 2.45) is 0 Å². The summed E-state index contributed by atoms with van der Waals surface area (Å²) in [5.74, 6) is -0.605. The van der Waals surface area contributed by atoms with E-state index in [0.29, 0.717) is 13.2 Å². The van der Waals surface area contributed by atoms with Gasteiger partial charge in [0.05, 0.1) is 6.10 Å². The van der Waals surface area contributed by atoms with E-state index < -0.39 is 5.97 Å². The summed E-state index contributed by atoms with van der Waals surface area (Å²) < 4.78 is 10.7. The molecule has 0 aromatic rings. The molecule has 1 aliphatic heterocycles. The molecule has 0 aliphatic carbocycles. The van der Waals surface area contributed by atoms with E-state index in [4.69, 9.17) is 9.47 Å². The number of carbonyl (C=O) groups is 2. The second-order valence-electron chi connectivity index (χ2n) is 7.14. The molecule has 0 N–H and O–H groups in total. The molecule has 0 atom stereocenters. The normalized spacial score (nSPS) is 22.0. The van der Waals surface area contributed by atoms with Gasteiger partial charge in [0, 0.05) is 24.7 Å². The molecule has 1 fully saturated rings. The summed E-state index contributed by atoms with van der Waals surface area (Å²) in [7, 11) is 1.76. The van der Waals surface area contributed by atoms with Crippen LogP contribution in [-0.4, -0.2) is 54.1 Å². The summed E-state index contributed by atoms with van der Waals surface area (Å²) in [4.78, 5) is 24.7. The zero-order chi connectivity index (χ0) is 16.3. The van der Waals surface area contributed by atoms with Gasteiger partial charge in [-0.05, 0) is 47.5 Å². The molecule has 0 amide bonds. The largest absolute Gasteiger partial charge is 0.464 e. The molecule has 0 spiro atoms. The molecule has 1 heterocycles. The molecular weight excluding hydrogens is 270 g/mol. The number of hydrogen-bond donors (Lipinski definition) is 0. The smallest absolute Gasteiger partial charge is 0.313 e. The Morgan fingerprint density at radius 3 is 2.10 bits per heavy atom. The predicted molar refractivity (Wildman–Crippen MR) is 81.2 cm³/mol. The van der Waals surface area contributed by atoms with Crippen LogP contribution in [0, 0.1) is 0 Å². The number of hydrogen-bond acceptors (Lipinski definition) is 5. The average Bonchev–Trinajstić information content (AvgIpc) is 2.30. The summed E-state index contributed by atoms with van der Waals surface area (Å²) in [5.41, 5.74) is -0.0369. The molecule has 0 saturated carbocycles. The van der Waals surface area contributed by atoms with Crippen LogP contribution in [0.25, 0.3) is 0 Å². The van der Waals surface area contributed by atoms with Crippen LogP contribution in [0.2, 0.25) is 0 Å². The quantitative estimate of drug-likeness (QED) is 0.556. The lowest BCUT2D eigenvalue weighted by Crippen LogP contribution is -2.62. The van der Waals surface area contributed by atoms with Crippen LogP contribution in [0.15, 0.2) is 0 Å². The SMILES string of the molecule is COC1CC(C)(C)N(CCOC(=O)CC(C)=O)C(C)(C)C1. The zero-order valence-electron chi connectivity index (χ0n) is 14.2. The highest BCUT2D eigenvalue weighted by molar-refractivity contribution is 5.94. The summed E-state index contributed by atoms with van der Waals surface area (Å²) in [5, 5.41) is 0. The molecule has 21 heavy (non-hydrogen) atoms. The molecule has 0 bridgehead atoms. The number of ether oxygens (including phenoxy) is 2. The maximum absolute atomic E-state index is 11.4. The van der Waals surface area contributed by atoms with Crippen molar-refractivity contribution in [2.75, 3.05) is 20.3 Å². The maximum Gasteiger partial charge on any atom is 0.313 e. The molecule has 1 aliphatic rings. The van der Waals surface area contributed by atoms with E-state index in [-0.39, 0.29) is 29.4 Å². The fraction of sp³-hybridized carbons (Fsp3) is 0.875. The van der Waals surface area contributed by atoms with Crippen LogP contribution in [0.4, 0.5) is 0 Å². The Hall–Kier alpha value is -0.940. The van der Waals surface area contributed by atoms with Crippen LogP contribution >= 0.6 is 0 Å². The van der Waals surface area contributed by atoms with Crippen LogP contribution in [-0.2, 0) is 19.1 Å². The Kier molecular flexibility index (Phi) is 5.93. The molecule has 5 heteroatoms. The van der Waals surface area contributed by atoms with Crippen molar-refractivity contribution in [1.82, 2.24) is 4.90 Å². The van der Waals surface area contributed by atoms with Gasteiger partial charge in [-0.15, -0.1) is 0 Å².